The van der Waals surface area contributed by atoms with E-state index in [0.717, 1.165) is 31.7 Å². The Labute approximate surface area is 117 Å². The highest BCUT2D eigenvalue weighted by Gasteiger charge is 2.22. The van der Waals surface area contributed by atoms with Crippen LogP contribution in [0.4, 0.5) is 4.39 Å². The molecule has 0 aromatic heterocycles. The Hall–Kier alpha value is -0.350. The summed E-state index contributed by atoms with van der Waals surface area (Å²) in [5.41, 5.74) is 1.01. The van der Waals surface area contributed by atoms with Crippen molar-refractivity contribution in [3.8, 4) is 0 Å². The van der Waals surface area contributed by atoms with Gasteiger partial charge in [-0.05, 0) is 30.2 Å². The third-order valence-corrected chi connectivity index (χ3v) is 3.68. The molecule has 18 heavy (non-hydrogen) atoms. The zero-order valence-electron chi connectivity index (χ0n) is 10.1. The van der Waals surface area contributed by atoms with E-state index in [-0.39, 0.29) is 12.7 Å². The van der Waals surface area contributed by atoms with E-state index in [0.29, 0.717) is 16.5 Å². The SMILES string of the molecule is FCC[C@H](c1cc(Cl)cc(Cl)c1)N1CCNCC1. The second-order valence-corrected chi connectivity index (χ2v) is 5.36. The molecule has 1 aromatic carbocycles. The molecule has 2 rings (SSSR count). The van der Waals surface area contributed by atoms with Crippen molar-refractivity contribution < 1.29 is 4.39 Å². The Morgan fingerprint density at radius 2 is 1.78 bits per heavy atom. The van der Waals surface area contributed by atoms with Crippen molar-refractivity contribution in [2.24, 2.45) is 0 Å². The average Bonchev–Trinajstić information content (AvgIpc) is 2.36. The van der Waals surface area contributed by atoms with E-state index in [1.165, 1.54) is 0 Å². The molecular formula is C13H17Cl2FN2. The second kappa shape index (κ2) is 6.71. The number of rotatable bonds is 4. The first kappa shape index (κ1) is 14.1. The van der Waals surface area contributed by atoms with Crippen LogP contribution in [-0.4, -0.2) is 37.8 Å². The summed E-state index contributed by atoms with van der Waals surface area (Å²) in [6.07, 6.45) is 0.483. The van der Waals surface area contributed by atoms with E-state index < -0.39 is 0 Å². The van der Waals surface area contributed by atoms with Gasteiger partial charge in [0.15, 0.2) is 0 Å². The van der Waals surface area contributed by atoms with Gasteiger partial charge in [0.05, 0.1) is 6.67 Å². The van der Waals surface area contributed by atoms with Crippen molar-refractivity contribution in [3.05, 3.63) is 33.8 Å². The van der Waals surface area contributed by atoms with E-state index >= 15 is 0 Å². The normalized spacial score (nSPS) is 18.8. The molecule has 1 aliphatic heterocycles. The van der Waals surface area contributed by atoms with Gasteiger partial charge in [-0.15, -0.1) is 0 Å². The van der Waals surface area contributed by atoms with Crippen LogP contribution >= 0.6 is 23.2 Å². The van der Waals surface area contributed by atoms with Gasteiger partial charge in [-0.25, -0.2) is 0 Å². The number of hydrogen-bond acceptors (Lipinski definition) is 2. The minimum absolute atomic E-state index is 0.0632. The summed E-state index contributed by atoms with van der Waals surface area (Å²) >= 11 is 12.0. The van der Waals surface area contributed by atoms with Crippen LogP contribution in [0, 0.1) is 0 Å². The van der Waals surface area contributed by atoms with Gasteiger partial charge in [0.1, 0.15) is 0 Å². The quantitative estimate of drug-likeness (QED) is 0.915. The molecule has 2 nitrogen and oxygen atoms in total. The first-order chi connectivity index (χ1) is 8.70. The Bertz CT molecular complexity index is 374. The number of nitrogens with zero attached hydrogens (tertiary/aromatic N) is 1. The smallest absolute Gasteiger partial charge is 0.0912 e. The van der Waals surface area contributed by atoms with Crippen molar-refractivity contribution >= 4 is 23.2 Å². The summed E-state index contributed by atoms with van der Waals surface area (Å²) in [7, 11) is 0. The number of nitrogens with one attached hydrogen (secondary N) is 1. The van der Waals surface area contributed by atoms with Crippen LogP contribution in [0.1, 0.15) is 18.0 Å². The van der Waals surface area contributed by atoms with Crippen LogP contribution in [0.3, 0.4) is 0 Å². The predicted octanol–water partition coefficient (Wildman–Crippen LogP) is 3.30. The highest BCUT2D eigenvalue weighted by atomic mass is 35.5. The standard InChI is InChI=1S/C13H17Cl2FN2/c14-11-7-10(8-12(15)9-11)13(1-2-16)18-5-3-17-4-6-18/h7-9,13,17H,1-6H2/t13-/m1/s1. The fourth-order valence-electron chi connectivity index (χ4n) is 2.42. The minimum Gasteiger partial charge on any atom is -0.314 e. The molecule has 100 valence electrons. The summed E-state index contributed by atoms with van der Waals surface area (Å²) in [5, 5.41) is 4.51. The Balaban J connectivity index is 2.22. The first-order valence-corrected chi connectivity index (χ1v) is 6.93. The highest BCUT2D eigenvalue weighted by molar-refractivity contribution is 6.34. The van der Waals surface area contributed by atoms with Crippen LogP contribution in [-0.2, 0) is 0 Å². The van der Waals surface area contributed by atoms with E-state index in [9.17, 15) is 4.39 Å². The predicted molar refractivity (Wildman–Crippen MR) is 74.2 cm³/mol. The molecule has 0 bridgehead atoms. The third-order valence-electron chi connectivity index (χ3n) is 3.24. The molecule has 0 unspecified atom stereocenters. The van der Waals surface area contributed by atoms with Crippen molar-refractivity contribution in [3.63, 3.8) is 0 Å². The van der Waals surface area contributed by atoms with Crippen LogP contribution in [0.2, 0.25) is 10.0 Å². The third kappa shape index (κ3) is 3.58. The summed E-state index contributed by atoms with van der Waals surface area (Å²) in [6, 6.07) is 5.54. The number of hydrogen-bond donors (Lipinski definition) is 1. The topological polar surface area (TPSA) is 15.3 Å². The van der Waals surface area contributed by atoms with Crippen LogP contribution in [0.5, 0.6) is 0 Å². The maximum absolute atomic E-state index is 12.8. The number of piperazine rings is 1. The van der Waals surface area contributed by atoms with Crippen LogP contribution in [0.15, 0.2) is 18.2 Å². The second-order valence-electron chi connectivity index (χ2n) is 4.48. The summed E-state index contributed by atoms with van der Waals surface area (Å²) in [4.78, 5) is 2.29. The lowest BCUT2D eigenvalue weighted by Crippen LogP contribution is -2.45. The zero-order valence-corrected chi connectivity index (χ0v) is 11.6. The molecule has 0 spiro atoms. The molecule has 0 radical (unpaired) electrons. The van der Waals surface area contributed by atoms with Crippen molar-refractivity contribution in [1.29, 1.82) is 0 Å². The van der Waals surface area contributed by atoms with Gasteiger partial charge in [0, 0.05) is 42.3 Å². The fourth-order valence-corrected chi connectivity index (χ4v) is 2.97. The average molecular weight is 291 g/mol. The zero-order chi connectivity index (χ0) is 13.0. The fraction of sp³-hybridized carbons (Fsp3) is 0.538. The molecule has 1 atom stereocenters. The molecular weight excluding hydrogens is 274 g/mol. The lowest BCUT2D eigenvalue weighted by Gasteiger charge is -2.35. The van der Waals surface area contributed by atoms with E-state index in [4.69, 9.17) is 23.2 Å². The number of benzene rings is 1. The van der Waals surface area contributed by atoms with Crippen LogP contribution in [0.25, 0.3) is 0 Å². The van der Waals surface area contributed by atoms with Gasteiger partial charge < -0.3 is 5.32 Å². The molecule has 0 aliphatic carbocycles. The Morgan fingerprint density at radius 1 is 1.17 bits per heavy atom. The van der Waals surface area contributed by atoms with Crippen molar-refractivity contribution in [1.82, 2.24) is 10.2 Å². The van der Waals surface area contributed by atoms with Crippen molar-refractivity contribution in [2.45, 2.75) is 12.5 Å². The molecule has 1 N–H and O–H groups in total. The minimum atomic E-state index is -0.335. The molecule has 1 fully saturated rings. The monoisotopic (exact) mass is 290 g/mol. The van der Waals surface area contributed by atoms with E-state index in [1.807, 2.05) is 12.1 Å². The number of alkyl halides is 1. The van der Waals surface area contributed by atoms with Gasteiger partial charge in [-0.1, -0.05) is 23.2 Å². The van der Waals surface area contributed by atoms with Crippen molar-refractivity contribution in [2.75, 3.05) is 32.9 Å². The summed E-state index contributed by atoms with van der Waals surface area (Å²) < 4.78 is 12.8. The summed E-state index contributed by atoms with van der Waals surface area (Å²) in [5.74, 6) is 0. The lowest BCUT2D eigenvalue weighted by atomic mass is 10.0. The summed E-state index contributed by atoms with van der Waals surface area (Å²) in [6.45, 7) is 3.40. The van der Waals surface area contributed by atoms with Gasteiger partial charge in [-0.3, -0.25) is 9.29 Å². The first-order valence-electron chi connectivity index (χ1n) is 6.17. The van der Waals surface area contributed by atoms with Gasteiger partial charge in [0.25, 0.3) is 0 Å². The lowest BCUT2D eigenvalue weighted by molar-refractivity contribution is 0.157. The Morgan fingerprint density at radius 3 is 2.33 bits per heavy atom. The highest BCUT2D eigenvalue weighted by Crippen LogP contribution is 2.29. The maximum atomic E-state index is 12.8. The van der Waals surface area contributed by atoms with E-state index in [2.05, 4.69) is 10.2 Å². The van der Waals surface area contributed by atoms with Gasteiger partial charge in [0.2, 0.25) is 0 Å². The molecule has 1 aliphatic rings. The number of halogens is 3. The molecule has 1 aromatic rings. The van der Waals surface area contributed by atoms with Gasteiger partial charge >= 0.3 is 0 Å². The molecule has 1 saturated heterocycles. The van der Waals surface area contributed by atoms with E-state index in [1.54, 1.807) is 6.07 Å². The maximum Gasteiger partial charge on any atom is 0.0912 e. The molecule has 1 heterocycles. The van der Waals surface area contributed by atoms with Gasteiger partial charge in [-0.2, -0.15) is 0 Å². The molecule has 0 amide bonds. The molecule has 5 heteroatoms. The Kier molecular flexibility index (Phi) is 5.25. The largest absolute Gasteiger partial charge is 0.314 e. The molecule has 0 saturated carbocycles. The van der Waals surface area contributed by atoms with Crippen LogP contribution < -0.4 is 5.32 Å².